The molecule has 0 spiro atoms. The van der Waals surface area contributed by atoms with Crippen LogP contribution in [0.4, 0.5) is 0 Å². The molecule has 0 bridgehead atoms. The van der Waals surface area contributed by atoms with Gasteiger partial charge in [0.15, 0.2) is 5.58 Å². The summed E-state index contributed by atoms with van der Waals surface area (Å²) in [6.07, 6.45) is 0. The molecule has 0 N–H and O–H groups in total. The fourth-order valence-electron chi connectivity index (χ4n) is 2.04. The third kappa shape index (κ3) is 2.23. The molecule has 0 aliphatic heterocycles. The number of para-hydroxylation sites is 1. The fraction of sp³-hybridized carbons (Fsp3) is 0.357. The molecule has 3 nitrogen and oxygen atoms in total. The van der Waals surface area contributed by atoms with Crippen LogP contribution in [0.5, 0.6) is 0 Å². The van der Waals surface area contributed by atoms with Gasteiger partial charge < -0.3 is 9.15 Å². The highest BCUT2D eigenvalue weighted by Crippen LogP contribution is 2.33. The van der Waals surface area contributed by atoms with Gasteiger partial charge in [0.05, 0.1) is 12.1 Å². The number of fused-ring (bicyclic) bond motifs is 1. The van der Waals surface area contributed by atoms with Crippen molar-refractivity contribution >= 4 is 28.5 Å². The summed E-state index contributed by atoms with van der Waals surface area (Å²) in [6, 6.07) is 7.37. The van der Waals surface area contributed by atoms with Crippen LogP contribution in [0.3, 0.4) is 0 Å². The molecule has 2 aromatic rings. The summed E-state index contributed by atoms with van der Waals surface area (Å²) >= 11 is 6.06. The molecule has 18 heavy (non-hydrogen) atoms. The lowest BCUT2D eigenvalue weighted by Crippen LogP contribution is -2.18. The number of hydrogen-bond acceptors (Lipinski definition) is 3. The Morgan fingerprint density at radius 1 is 1.39 bits per heavy atom. The summed E-state index contributed by atoms with van der Waals surface area (Å²) in [5, 5.41) is 1.44. The number of carbonyl (C=O) groups is 1. The number of benzene rings is 1. The lowest BCUT2D eigenvalue weighted by atomic mass is 9.93. The minimum Gasteiger partial charge on any atom is -0.468 e. The van der Waals surface area contributed by atoms with Gasteiger partial charge in [0, 0.05) is 5.39 Å². The van der Waals surface area contributed by atoms with E-state index >= 15 is 0 Å². The fourth-order valence-corrected chi connectivity index (χ4v) is 2.26. The first-order chi connectivity index (χ1) is 8.54. The number of rotatable bonds is 3. The van der Waals surface area contributed by atoms with E-state index in [0.29, 0.717) is 16.4 Å². The number of furan rings is 1. The molecule has 1 heterocycles. The Morgan fingerprint density at radius 2 is 2.11 bits per heavy atom. The van der Waals surface area contributed by atoms with E-state index in [1.165, 1.54) is 7.11 Å². The Morgan fingerprint density at radius 3 is 2.67 bits per heavy atom. The van der Waals surface area contributed by atoms with Gasteiger partial charge in [-0.15, -0.1) is 0 Å². The molecule has 1 unspecified atom stereocenters. The van der Waals surface area contributed by atoms with Crippen molar-refractivity contribution in [1.29, 1.82) is 0 Å². The van der Waals surface area contributed by atoms with Gasteiger partial charge in [-0.3, -0.25) is 4.79 Å². The van der Waals surface area contributed by atoms with Crippen molar-refractivity contribution in [3.05, 3.63) is 35.0 Å². The number of carbonyl (C=O) groups excluding carboxylic acids is 1. The molecule has 1 atom stereocenters. The third-order valence-electron chi connectivity index (χ3n) is 2.94. The Labute approximate surface area is 111 Å². The van der Waals surface area contributed by atoms with Crippen LogP contribution >= 0.6 is 11.6 Å². The molecule has 0 aliphatic carbocycles. The maximum absolute atomic E-state index is 11.8. The van der Waals surface area contributed by atoms with Crippen molar-refractivity contribution in [3.8, 4) is 0 Å². The molecule has 0 fully saturated rings. The molecule has 96 valence electrons. The third-order valence-corrected chi connectivity index (χ3v) is 3.24. The molecule has 0 radical (unpaired) electrons. The normalized spacial score (nSPS) is 12.9. The first kappa shape index (κ1) is 13.0. The van der Waals surface area contributed by atoms with Crippen LogP contribution in [0.25, 0.3) is 11.0 Å². The quantitative estimate of drug-likeness (QED) is 0.789. The largest absolute Gasteiger partial charge is 0.468 e. The lowest BCUT2D eigenvalue weighted by Gasteiger charge is -2.15. The van der Waals surface area contributed by atoms with Gasteiger partial charge in [-0.05, 0) is 18.1 Å². The van der Waals surface area contributed by atoms with Gasteiger partial charge in [0.2, 0.25) is 0 Å². The van der Waals surface area contributed by atoms with Crippen LogP contribution < -0.4 is 0 Å². The molecule has 0 amide bonds. The monoisotopic (exact) mass is 266 g/mol. The zero-order chi connectivity index (χ0) is 13.3. The van der Waals surface area contributed by atoms with Crippen LogP contribution in [-0.2, 0) is 9.53 Å². The predicted octanol–water partition coefficient (Wildman–Crippen LogP) is 4.00. The van der Waals surface area contributed by atoms with Crippen molar-refractivity contribution in [2.45, 2.75) is 19.8 Å². The molecule has 0 aliphatic rings. The van der Waals surface area contributed by atoms with E-state index in [0.717, 1.165) is 5.39 Å². The SMILES string of the molecule is COC(=O)C(c1cc2cccc(Cl)c2o1)C(C)C. The van der Waals surface area contributed by atoms with Gasteiger partial charge >= 0.3 is 5.97 Å². The van der Waals surface area contributed by atoms with Crippen molar-refractivity contribution in [2.24, 2.45) is 5.92 Å². The second-order valence-electron chi connectivity index (χ2n) is 4.55. The summed E-state index contributed by atoms with van der Waals surface area (Å²) in [7, 11) is 1.38. The van der Waals surface area contributed by atoms with Crippen LogP contribution in [0.2, 0.25) is 5.02 Å². The van der Waals surface area contributed by atoms with Crippen LogP contribution in [0, 0.1) is 5.92 Å². The summed E-state index contributed by atoms with van der Waals surface area (Å²) in [4.78, 5) is 11.8. The second kappa shape index (κ2) is 5.02. The predicted molar refractivity (Wildman–Crippen MR) is 70.8 cm³/mol. The Kier molecular flexibility index (Phi) is 3.62. The average molecular weight is 267 g/mol. The summed E-state index contributed by atoms with van der Waals surface area (Å²) < 4.78 is 10.5. The number of esters is 1. The van der Waals surface area contributed by atoms with E-state index in [1.54, 1.807) is 6.07 Å². The zero-order valence-corrected chi connectivity index (χ0v) is 11.3. The Balaban J connectivity index is 2.52. The maximum atomic E-state index is 11.8. The highest BCUT2D eigenvalue weighted by Gasteiger charge is 2.28. The number of hydrogen-bond donors (Lipinski definition) is 0. The van der Waals surface area contributed by atoms with Gasteiger partial charge in [0.1, 0.15) is 11.7 Å². The first-order valence-corrected chi connectivity index (χ1v) is 6.18. The molecule has 1 aromatic heterocycles. The molecular weight excluding hydrogens is 252 g/mol. The van der Waals surface area contributed by atoms with Crippen molar-refractivity contribution in [3.63, 3.8) is 0 Å². The van der Waals surface area contributed by atoms with E-state index in [9.17, 15) is 4.79 Å². The highest BCUT2D eigenvalue weighted by atomic mass is 35.5. The Bertz CT molecular complexity index is 571. The summed E-state index contributed by atoms with van der Waals surface area (Å²) in [5.41, 5.74) is 0.615. The topological polar surface area (TPSA) is 39.4 Å². The summed E-state index contributed by atoms with van der Waals surface area (Å²) in [6.45, 7) is 3.91. The lowest BCUT2D eigenvalue weighted by molar-refractivity contribution is -0.144. The van der Waals surface area contributed by atoms with Crippen molar-refractivity contribution in [1.82, 2.24) is 0 Å². The van der Waals surface area contributed by atoms with E-state index < -0.39 is 5.92 Å². The zero-order valence-electron chi connectivity index (χ0n) is 10.6. The van der Waals surface area contributed by atoms with Gasteiger partial charge in [-0.25, -0.2) is 0 Å². The maximum Gasteiger partial charge on any atom is 0.316 e. The van der Waals surface area contributed by atoms with Crippen LogP contribution in [0.1, 0.15) is 25.5 Å². The molecule has 1 aromatic carbocycles. The smallest absolute Gasteiger partial charge is 0.316 e. The van der Waals surface area contributed by atoms with E-state index in [4.69, 9.17) is 20.8 Å². The van der Waals surface area contributed by atoms with Gasteiger partial charge in [0.25, 0.3) is 0 Å². The van der Waals surface area contributed by atoms with Crippen molar-refractivity contribution in [2.75, 3.05) is 7.11 Å². The average Bonchev–Trinajstić information content (AvgIpc) is 2.73. The van der Waals surface area contributed by atoms with Crippen LogP contribution in [-0.4, -0.2) is 13.1 Å². The number of methoxy groups -OCH3 is 1. The molecule has 4 heteroatoms. The number of ether oxygens (including phenoxy) is 1. The molecule has 0 saturated heterocycles. The standard InChI is InChI=1S/C14H15ClO3/c1-8(2)12(14(16)17-3)11-7-9-5-4-6-10(15)13(9)18-11/h4-8,12H,1-3H3. The van der Waals surface area contributed by atoms with E-state index in [1.807, 2.05) is 32.0 Å². The minimum absolute atomic E-state index is 0.0942. The minimum atomic E-state index is -0.404. The van der Waals surface area contributed by atoms with Gasteiger partial charge in [-0.1, -0.05) is 37.6 Å². The highest BCUT2D eigenvalue weighted by molar-refractivity contribution is 6.34. The van der Waals surface area contributed by atoms with Crippen molar-refractivity contribution < 1.29 is 13.9 Å². The van der Waals surface area contributed by atoms with Gasteiger partial charge in [-0.2, -0.15) is 0 Å². The molecule has 0 saturated carbocycles. The number of halogens is 1. The van der Waals surface area contributed by atoms with E-state index in [2.05, 4.69) is 0 Å². The first-order valence-electron chi connectivity index (χ1n) is 5.80. The molecule has 2 rings (SSSR count). The summed E-state index contributed by atoms with van der Waals surface area (Å²) in [5.74, 6) is -0.00428. The Hall–Kier alpha value is -1.48. The van der Waals surface area contributed by atoms with E-state index in [-0.39, 0.29) is 11.9 Å². The second-order valence-corrected chi connectivity index (χ2v) is 4.96. The molecular formula is C14H15ClO3. The van der Waals surface area contributed by atoms with Crippen LogP contribution in [0.15, 0.2) is 28.7 Å².